The molecule has 0 aliphatic carbocycles. The highest BCUT2D eigenvalue weighted by atomic mass is 16.5. The normalized spacial score (nSPS) is 10.0. The van der Waals surface area contributed by atoms with Crippen molar-refractivity contribution < 1.29 is 19.1 Å². The molecule has 0 saturated heterocycles. The van der Waals surface area contributed by atoms with E-state index in [0.717, 1.165) is 0 Å². The zero-order valence-electron chi connectivity index (χ0n) is 13.7. The lowest BCUT2D eigenvalue weighted by Gasteiger charge is -2.07. The highest BCUT2D eigenvalue weighted by molar-refractivity contribution is 6.04. The number of nitrogens with zero attached hydrogens (tertiary/aromatic N) is 1. The lowest BCUT2D eigenvalue weighted by Crippen LogP contribution is -2.30. The summed E-state index contributed by atoms with van der Waals surface area (Å²) in [5, 5.41) is 5.05. The standard InChI is InChI=1S/C17H17N3O5/c1-20-8-7-12(9-14(20)21)17(24)19-13-5-3-11(4-6-13)16(23)18-10-15(22)25-2/h3-9H,10H2,1-2H3,(H,18,23)(H,19,24). The van der Waals surface area contributed by atoms with Gasteiger partial charge in [-0.05, 0) is 30.3 Å². The molecule has 2 N–H and O–H groups in total. The molecule has 0 radical (unpaired) electrons. The molecule has 8 heteroatoms. The Labute approximate surface area is 143 Å². The number of hydrogen-bond acceptors (Lipinski definition) is 5. The molecule has 0 saturated carbocycles. The van der Waals surface area contributed by atoms with Gasteiger partial charge in [-0.1, -0.05) is 0 Å². The minimum Gasteiger partial charge on any atom is -0.468 e. The SMILES string of the molecule is COC(=O)CNC(=O)c1ccc(NC(=O)c2ccn(C)c(=O)c2)cc1. The van der Waals surface area contributed by atoms with Gasteiger partial charge in [-0.25, -0.2) is 0 Å². The van der Waals surface area contributed by atoms with E-state index in [0.29, 0.717) is 11.3 Å². The van der Waals surface area contributed by atoms with Gasteiger partial charge in [0.25, 0.3) is 17.4 Å². The van der Waals surface area contributed by atoms with Crippen LogP contribution in [-0.4, -0.2) is 36.0 Å². The maximum atomic E-state index is 12.1. The van der Waals surface area contributed by atoms with Crippen molar-refractivity contribution in [3.63, 3.8) is 0 Å². The summed E-state index contributed by atoms with van der Waals surface area (Å²) in [6.07, 6.45) is 1.51. The van der Waals surface area contributed by atoms with Crippen molar-refractivity contribution in [2.24, 2.45) is 7.05 Å². The summed E-state index contributed by atoms with van der Waals surface area (Å²) in [6.45, 7) is -0.225. The quantitative estimate of drug-likeness (QED) is 0.771. The third-order valence-electron chi connectivity index (χ3n) is 3.39. The molecule has 130 valence electrons. The first-order chi connectivity index (χ1) is 11.9. The molecule has 1 heterocycles. The number of methoxy groups -OCH3 is 1. The van der Waals surface area contributed by atoms with Crippen LogP contribution in [0.1, 0.15) is 20.7 Å². The Morgan fingerprint density at radius 2 is 1.72 bits per heavy atom. The van der Waals surface area contributed by atoms with Crippen LogP contribution in [0.15, 0.2) is 47.4 Å². The van der Waals surface area contributed by atoms with Crippen LogP contribution in [0.5, 0.6) is 0 Å². The van der Waals surface area contributed by atoms with Crippen LogP contribution in [0.2, 0.25) is 0 Å². The third kappa shape index (κ3) is 4.77. The number of aryl methyl sites for hydroxylation is 1. The number of aromatic nitrogens is 1. The first-order valence-electron chi connectivity index (χ1n) is 7.34. The first-order valence-corrected chi connectivity index (χ1v) is 7.34. The lowest BCUT2D eigenvalue weighted by molar-refractivity contribution is -0.139. The highest BCUT2D eigenvalue weighted by Crippen LogP contribution is 2.11. The second-order valence-corrected chi connectivity index (χ2v) is 5.15. The van der Waals surface area contributed by atoms with E-state index in [1.165, 1.54) is 42.1 Å². The van der Waals surface area contributed by atoms with Crippen molar-refractivity contribution in [3.05, 3.63) is 64.1 Å². The molecule has 2 rings (SSSR count). The largest absolute Gasteiger partial charge is 0.468 e. The minimum absolute atomic E-state index is 0.225. The summed E-state index contributed by atoms with van der Waals surface area (Å²) < 4.78 is 5.79. The number of esters is 1. The van der Waals surface area contributed by atoms with Crippen molar-refractivity contribution in [1.29, 1.82) is 0 Å². The van der Waals surface area contributed by atoms with Gasteiger partial charge in [0.15, 0.2) is 0 Å². The van der Waals surface area contributed by atoms with Crippen LogP contribution in [0.3, 0.4) is 0 Å². The monoisotopic (exact) mass is 343 g/mol. The van der Waals surface area contributed by atoms with Crippen LogP contribution in [0.4, 0.5) is 5.69 Å². The number of hydrogen-bond donors (Lipinski definition) is 2. The van der Waals surface area contributed by atoms with Crippen molar-refractivity contribution in [3.8, 4) is 0 Å². The van der Waals surface area contributed by atoms with E-state index < -0.39 is 17.8 Å². The van der Waals surface area contributed by atoms with Crippen LogP contribution in [0, 0.1) is 0 Å². The second kappa shape index (κ2) is 7.91. The molecule has 1 aromatic heterocycles. The van der Waals surface area contributed by atoms with Gasteiger partial charge < -0.3 is 19.9 Å². The molecule has 0 spiro atoms. The number of rotatable bonds is 5. The molecule has 0 atom stereocenters. The van der Waals surface area contributed by atoms with E-state index in [4.69, 9.17) is 0 Å². The summed E-state index contributed by atoms with van der Waals surface area (Å²) in [7, 11) is 2.82. The number of amides is 2. The fraction of sp³-hybridized carbons (Fsp3) is 0.176. The molecular weight excluding hydrogens is 326 g/mol. The second-order valence-electron chi connectivity index (χ2n) is 5.15. The molecule has 0 unspecified atom stereocenters. The number of ether oxygens (including phenoxy) is 1. The summed E-state index contributed by atoms with van der Waals surface area (Å²) >= 11 is 0. The van der Waals surface area contributed by atoms with E-state index in [2.05, 4.69) is 15.4 Å². The zero-order chi connectivity index (χ0) is 18.4. The zero-order valence-corrected chi connectivity index (χ0v) is 13.7. The number of benzene rings is 1. The highest BCUT2D eigenvalue weighted by Gasteiger charge is 2.10. The Balaban J connectivity index is 2.01. The molecular formula is C17H17N3O5. The van der Waals surface area contributed by atoms with Crippen LogP contribution in [0.25, 0.3) is 0 Å². The Morgan fingerprint density at radius 1 is 1.04 bits per heavy atom. The van der Waals surface area contributed by atoms with Gasteiger partial charge in [0.2, 0.25) is 0 Å². The summed E-state index contributed by atoms with van der Waals surface area (Å²) in [5.74, 6) is -1.42. The van der Waals surface area contributed by atoms with Gasteiger partial charge in [-0.15, -0.1) is 0 Å². The van der Waals surface area contributed by atoms with Gasteiger partial charge in [0.1, 0.15) is 6.54 Å². The summed E-state index contributed by atoms with van der Waals surface area (Å²) in [5.41, 5.74) is 0.749. The van der Waals surface area contributed by atoms with E-state index in [1.807, 2.05) is 0 Å². The average Bonchev–Trinajstić information content (AvgIpc) is 2.62. The molecule has 0 fully saturated rings. The number of carbonyl (C=O) groups excluding carboxylic acids is 3. The minimum atomic E-state index is -0.550. The Hall–Kier alpha value is -3.42. The van der Waals surface area contributed by atoms with Gasteiger partial charge >= 0.3 is 5.97 Å². The maximum Gasteiger partial charge on any atom is 0.325 e. The van der Waals surface area contributed by atoms with Crippen LogP contribution >= 0.6 is 0 Å². The van der Waals surface area contributed by atoms with Crippen LogP contribution < -0.4 is 16.2 Å². The fourth-order valence-corrected chi connectivity index (χ4v) is 1.92. The topological polar surface area (TPSA) is 106 Å². The Bertz CT molecular complexity index is 855. The average molecular weight is 343 g/mol. The fourth-order valence-electron chi connectivity index (χ4n) is 1.92. The molecule has 25 heavy (non-hydrogen) atoms. The van der Waals surface area contributed by atoms with Gasteiger partial charge in [0, 0.05) is 36.1 Å². The van der Waals surface area contributed by atoms with Crippen molar-refractivity contribution in [2.75, 3.05) is 19.0 Å². The maximum absolute atomic E-state index is 12.1. The van der Waals surface area contributed by atoms with E-state index >= 15 is 0 Å². The van der Waals surface area contributed by atoms with Crippen molar-refractivity contribution in [1.82, 2.24) is 9.88 Å². The molecule has 0 bridgehead atoms. The number of anilines is 1. The van der Waals surface area contributed by atoms with E-state index in [9.17, 15) is 19.2 Å². The molecule has 1 aromatic carbocycles. The molecule has 2 amide bonds. The van der Waals surface area contributed by atoms with Gasteiger partial charge in [-0.3, -0.25) is 19.2 Å². The summed E-state index contributed by atoms with van der Waals surface area (Å²) in [6, 6.07) is 8.88. The lowest BCUT2D eigenvalue weighted by atomic mass is 10.2. The number of pyridine rings is 1. The van der Waals surface area contributed by atoms with E-state index in [-0.39, 0.29) is 17.7 Å². The number of nitrogens with one attached hydrogen (secondary N) is 2. The molecule has 2 aromatic rings. The Kier molecular flexibility index (Phi) is 5.67. The van der Waals surface area contributed by atoms with Gasteiger partial charge in [-0.2, -0.15) is 0 Å². The predicted octanol–water partition coefficient (Wildman–Crippen LogP) is 0.540. The molecule has 8 nitrogen and oxygen atoms in total. The summed E-state index contributed by atoms with van der Waals surface area (Å²) in [4.78, 5) is 46.5. The molecule has 0 aliphatic heterocycles. The Morgan fingerprint density at radius 3 is 2.32 bits per heavy atom. The van der Waals surface area contributed by atoms with E-state index in [1.54, 1.807) is 19.2 Å². The van der Waals surface area contributed by atoms with Crippen LogP contribution in [-0.2, 0) is 16.6 Å². The van der Waals surface area contributed by atoms with Crippen molar-refractivity contribution >= 4 is 23.5 Å². The first kappa shape index (κ1) is 17.9. The van der Waals surface area contributed by atoms with Crippen molar-refractivity contribution in [2.45, 2.75) is 0 Å². The third-order valence-corrected chi connectivity index (χ3v) is 3.39. The smallest absolute Gasteiger partial charge is 0.325 e. The predicted molar refractivity (Wildman–Crippen MR) is 90.4 cm³/mol. The molecule has 0 aliphatic rings. The number of carbonyl (C=O) groups is 3. The van der Waals surface area contributed by atoms with Gasteiger partial charge in [0.05, 0.1) is 7.11 Å².